The lowest BCUT2D eigenvalue weighted by molar-refractivity contribution is -0.147. The number of hydrogen-bond donors (Lipinski definition) is 1. The van der Waals surface area contributed by atoms with Crippen molar-refractivity contribution in [1.82, 2.24) is 4.98 Å². The zero-order valence-electron chi connectivity index (χ0n) is 16.2. The molecule has 168 valence electrons. The quantitative estimate of drug-likeness (QED) is 0.412. The second-order valence-corrected chi connectivity index (χ2v) is 6.49. The van der Waals surface area contributed by atoms with Crippen LogP contribution in [0.5, 0.6) is 0 Å². The van der Waals surface area contributed by atoms with Gasteiger partial charge in [-0.2, -0.15) is 13.2 Å². The number of hydrogen-bond acceptors (Lipinski definition) is 5. The average Bonchev–Trinajstić information content (AvgIpc) is 3.19. The summed E-state index contributed by atoms with van der Waals surface area (Å²) in [5.41, 5.74) is -1.50. The van der Waals surface area contributed by atoms with Crippen molar-refractivity contribution in [3.8, 4) is 11.3 Å². The third kappa shape index (κ3) is 5.90. The molecule has 0 radical (unpaired) electrons. The summed E-state index contributed by atoms with van der Waals surface area (Å²) in [6.45, 7) is -0.789. The van der Waals surface area contributed by atoms with E-state index in [4.69, 9.17) is 9.15 Å². The maximum Gasteiger partial charge on any atom is 0.418 e. The molecule has 0 atom stereocenters. The van der Waals surface area contributed by atoms with Crippen LogP contribution in [0.25, 0.3) is 11.3 Å². The predicted octanol–water partition coefficient (Wildman–Crippen LogP) is 4.75. The van der Waals surface area contributed by atoms with E-state index >= 15 is 0 Å². The summed E-state index contributed by atoms with van der Waals surface area (Å²) in [6.07, 6.45) is -3.74. The van der Waals surface area contributed by atoms with Crippen molar-refractivity contribution in [3.05, 3.63) is 71.8 Å². The van der Waals surface area contributed by atoms with Gasteiger partial charge in [0.05, 0.1) is 29.4 Å². The van der Waals surface area contributed by atoms with Crippen molar-refractivity contribution in [2.24, 2.45) is 0 Å². The molecule has 3 aromatic rings. The Labute approximate surface area is 178 Å². The van der Waals surface area contributed by atoms with Crippen LogP contribution >= 0.6 is 0 Å². The molecule has 2 aromatic carbocycles. The van der Waals surface area contributed by atoms with E-state index in [1.165, 1.54) is 24.4 Å². The number of aryl methyl sites for hydroxylation is 1. The van der Waals surface area contributed by atoms with Crippen LogP contribution in [-0.4, -0.2) is 23.5 Å². The van der Waals surface area contributed by atoms with Crippen LogP contribution in [0.1, 0.15) is 17.9 Å². The minimum absolute atomic E-state index is 0.0106. The van der Waals surface area contributed by atoms with E-state index < -0.39 is 47.5 Å². The highest BCUT2D eigenvalue weighted by Gasteiger charge is 2.33. The number of carbonyl (C=O) groups excluding carboxylic acids is 2. The van der Waals surface area contributed by atoms with Gasteiger partial charge >= 0.3 is 12.1 Å². The molecule has 0 spiro atoms. The molecule has 1 N–H and O–H groups in total. The third-order valence-corrected chi connectivity index (χ3v) is 4.16. The zero-order valence-corrected chi connectivity index (χ0v) is 16.2. The molecule has 0 aliphatic carbocycles. The molecule has 1 heterocycles. The van der Waals surface area contributed by atoms with Gasteiger partial charge in [-0.25, -0.2) is 13.8 Å². The topological polar surface area (TPSA) is 81.4 Å². The number of esters is 1. The van der Waals surface area contributed by atoms with Gasteiger partial charge in [-0.3, -0.25) is 9.59 Å². The first-order chi connectivity index (χ1) is 15.1. The van der Waals surface area contributed by atoms with Gasteiger partial charge in [-0.05, 0) is 24.3 Å². The summed E-state index contributed by atoms with van der Waals surface area (Å²) in [6, 6.07) is 7.30. The molecular weight excluding hydrogens is 439 g/mol. The summed E-state index contributed by atoms with van der Waals surface area (Å²) in [4.78, 5) is 27.5. The molecule has 0 saturated carbocycles. The Morgan fingerprint density at radius 1 is 1.09 bits per heavy atom. The lowest BCUT2D eigenvalue weighted by atomic mass is 10.1. The Kier molecular flexibility index (Phi) is 6.86. The highest BCUT2D eigenvalue weighted by atomic mass is 19.4. The SMILES string of the molecule is O=C(COC(=O)CCc1ncc(-c2ccc(F)cc2F)o1)Nc1ccccc1C(F)(F)F. The molecule has 1 amide bonds. The van der Waals surface area contributed by atoms with Crippen LogP contribution in [0.2, 0.25) is 0 Å². The lowest BCUT2D eigenvalue weighted by Gasteiger charge is -2.13. The van der Waals surface area contributed by atoms with E-state index in [9.17, 15) is 31.5 Å². The maximum absolute atomic E-state index is 13.8. The first kappa shape index (κ1) is 22.9. The normalized spacial score (nSPS) is 11.3. The Hall–Kier alpha value is -3.76. The molecule has 3 rings (SSSR count). The molecule has 6 nitrogen and oxygen atoms in total. The van der Waals surface area contributed by atoms with Crippen LogP contribution in [0.15, 0.2) is 53.1 Å². The fraction of sp³-hybridized carbons (Fsp3) is 0.190. The van der Waals surface area contributed by atoms with Gasteiger partial charge in [-0.15, -0.1) is 0 Å². The Bertz CT molecular complexity index is 1130. The van der Waals surface area contributed by atoms with Crippen LogP contribution in [0, 0.1) is 11.6 Å². The van der Waals surface area contributed by atoms with Crippen LogP contribution in [-0.2, 0) is 26.9 Å². The summed E-state index contributed by atoms with van der Waals surface area (Å²) in [5, 5.41) is 2.05. The van der Waals surface area contributed by atoms with E-state index in [1.807, 2.05) is 5.32 Å². The largest absolute Gasteiger partial charge is 0.456 e. The number of benzene rings is 2. The molecule has 0 fully saturated rings. The Morgan fingerprint density at radius 2 is 1.84 bits per heavy atom. The fourth-order valence-electron chi connectivity index (χ4n) is 2.69. The smallest absolute Gasteiger partial charge is 0.418 e. The maximum atomic E-state index is 13.8. The average molecular weight is 454 g/mol. The molecule has 0 unspecified atom stereocenters. The van der Waals surface area contributed by atoms with Crippen molar-refractivity contribution in [1.29, 1.82) is 0 Å². The zero-order chi connectivity index (χ0) is 23.3. The number of alkyl halides is 3. The summed E-state index contributed by atoms with van der Waals surface area (Å²) < 4.78 is 75.6. The molecule has 0 bridgehead atoms. The number of nitrogens with one attached hydrogen (secondary N) is 1. The van der Waals surface area contributed by atoms with Gasteiger partial charge < -0.3 is 14.5 Å². The predicted molar refractivity (Wildman–Crippen MR) is 101 cm³/mol. The van der Waals surface area contributed by atoms with Crippen molar-refractivity contribution in [3.63, 3.8) is 0 Å². The molecule has 1 aromatic heterocycles. The van der Waals surface area contributed by atoms with Gasteiger partial charge in [0, 0.05) is 12.5 Å². The van der Waals surface area contributed by atoms with E-state index in [-0.39, 0.29) is 30.1 Å². The van der Waals surface area contributed by atoms with Crippen LogP contribution in [0.3, 0.4) is 0 Å². The first-order valence-electron chi connectivity index (χ1n) is 9.15. The minimum Gasteiger partial charge on any atom is -0.456 e. The molecule has 0 aliphatic rings. The number of nitrogens with zero attached hydrogens (tertiary/aromatic N) is 1. The highest BCUT2D eigenvalue weighted by Crippen LogP contribution is 2.34. The molecule has 32 heavy (non-hydrogen) atoms. The van der Waals surface area contributed by atoms with Crippen molar-refractivity contribution in [2.75, 3.05) is 11.9 Å². The summed E-state index contributed by atoms with van der Waals surface area (Å²) in [7, 11) is 0. The first-order valence-corrected chi connectivity index (χ1v) is 9.15. The second kappa shape index (κ2) is 9.58. The molecular formula is C21H15F5N2O4. The molecule has 0 aliphatic heterocycles. The number of para-hydroxylation sites is 1. The number of carbonyl (C=O) groups is 2. The van der Waals surface area contributed by atoms with E-state index in [0.29, 0.717) is 6.07 Å². The molecule has 0 saturated heterocycles. The standard InChI is InChI=1S/C21H15F5N2O4/c22-12-5-6-13(15(23)9-12)17-10-27-19(32-17)7-8-20(30)31-11-18(29)28-16-4-2-1-3-14(16)21(24,25)26/h1-6,9-10H,7-8,11H2,(H,28,29). The number of ether oxygens (including phenoxy) is 1. The van der Waals surface area contributed by atoms with Gasteiger partial charge in [0.15, 0.2) is 18.3 Å². The number of amides is 1. The number of halogens is 5. The van der Waals surface area contributed by atoms with E-state index in [0.717, 1.165) is 18.2 Å². The second-order valence-electron chi connectivity index (χ2n) is 6.49. The van der Waals surface area contributed by atoms with Gasteiger partial charge in [0.1, 0.15) is 11.6 Å². The summed E-state index contributed by atoms with van der Waals surface area (Å²) >= 11 is 0. The van der Waals surface area contributed by atoms with Crippen LogP contribution in [0.4, 0.5) is 27.6 Å². The van der Waals surface area contributed by atoms with Gasteiger partial charge in [0.2, 0.25) is 0 Å². The van der Waals surface area contributed by atoms with Crippen molar-refractivity contribution < 1.29 is 40.7 Å². The molecule has 11 heteroatoms. The summed E-state index contributed by atoms with van der Waals surface area (Å²) in [5.74, 6) is -3.25. The minimum atomic E-state index is -4.66. The monoisotopic (exact) mass is 454 g/mol. The highest BCUT2D eigenvalue weighted by molar-refractivity contribution is 5.93. The van der Waals surface area contributed by atoms with Crippen molar-refractivity contribution in [2.45, 2.75) is 19.0 Å². The van der Waals surface area contributed by atoms with Crippen LogP contribution < -0.4 is 5.32 Å². The number of oxazole rings is 1. The number of anilines is 1. The fourth-order valence-corrected chi connectivity index (χ4v) is 2.69. The van der Waals surface area contributed by atoms with E-state index in [2.05, 4.69) is 4.98 Å². The van der Waals surface area contributed by atoms with Gasteiger partial charge in [-0.1, -0.05) is 12.1 Å². The van der Waals surface area contributed by atoms with Crippen molar-refractivity contribution >= 4 is 17.6 Å². The van der Waals surface area contributed by atoms with Gasteiger partial charge in [0.25, 0.3) is 5.91 Å². The number of aromatic nitrogens is 1. The lowest BCUT2D eigenvalue weighted by Crippen LogP contribution is -2.22. The Morgan fingerprint density at radius 3 is 2.56 bits per heavy atom. The third-order valence-electron chi connectivity index (χ3n) is 4.16. The van der Waals surface area contributed by atoms with E-state index in [1.54, 1.807) is 0 Å². The number of rotatable bonds is 7. The Balaban J connectivity index is 1.49.